The minimum absolute atomic E-state index is 0.00371. The lowest BCUT2D eigenvalue weighted by Gasteiger charge is -2.36. The summed E-state index contributed by atoms with van der Waals surface area (Å²) in [6.07, 6.45) is 2.71. The van der Waals surface area contributed by atoms with E-state index in [1.807, 2.05) is 20.8 Å². The van der Waals surface area contributed by atoms with Gasteiger partial charge in [-0.2, -0.15) is 0 Å². The third-order valence-corrected chi connectivity index (χ3v) is 8.76. The van der Waals surface area contributed by atoms with Gasteiger partial charge in [-0.05, 0) is 44.6 Å². The molecule has 0 amide bonds. The number of rotatable bonds is 6. The van der Waals surface area contributed by atoms with Crippen molar-refractivity contribution in [2.75, 3.05) is 31.0 Å². The van der Waals surface area contributed by atoms with E-state index in [1.54, 1.807) is 15.9 Å². The van der Waals surface area contributed by atoms with Crippen LogP contribution in [0.4, 0.5) is 0 Å². The molecule has 9 heteroatoms. The molecule has 0 aliphatic carbocycles. The van der Waals surface area contributed by atoms with Crippen LogP contribution in [0.25, 0.3) is 10.2 Å². The molecule has 1 aliphatic rings. The molecule has 0 radical (unpaired) electrons. The Bertz CT molecular complexity index is 1000. The molecule has 6 nitrogen and oxygen atoms in total. The molecule has 0 saturated carbocycles. The van der Waals surface area contributed by atoms with Gasteiger partial charge in [0.25, 0.3) is 5.56 Å². The van der Waals surface area contributed by atoms with Crippen LogP contribution < -0.4 is 5.56 Å². The van der Waals surface area contributed by atoms with E-state index in [2.05, 4.69) is 0 Å². The number of sulfone groups is 1. The number of hydrogen-bond acceptors (Lipinski definition) is 7. The van der Waals surface area contributed by atoms with Gasteiger partial charge in [0.15, 0.2) is 5.16 Å². The molecule has 1 saturated heterocycles. The van der Waals surface area contributed by atoms with E-state index in [0.717, 1.165) is 15.3 Å². The molecule has 3 rings (SSSR count). The average molecular weight is 431 g/mol. The number of aryl methyl sites for hydroxylation is 2. The van der Waals surface area contributed by atoms with E-state index >= 15 is 0 Å². The van der Waals surface area contributed by atoms with E-state index in [4.69, 9.17) is 9.72 Å². The fourth-order valence-electron chi connectivity index (χ4n) is 3.61. The fraction of sp³-hybridized carbons (Fsp3) is 0.667. The average Bonchev–Trinajstić information content (AvgIpc) is 2.87. The molecular formula is C18H26N2O4S3. The van der Waals surface area contributed by atoms with Gasteiger partial charge in [0.2, 0.25) is 0 Å². The standard InChI is InChI=1S/C18H26N2O4S3/c1-5-20-16(21)14-12(2)13(3)26-15(14)19-17(20)25-10-18(11-27(4,22)23)6-8-24-9-7-18/h5-11H2,1-4H3. The zero-order valence-electron chi connectivity index (χ0n) is 16.2. The van der Waals surface area contributed by atoms with E-state index in [0.29, 0.717) is 48.9 Å². The van der Waals surface area contributed by atoms with Crippen molar-refractivity contribution < 1.29 is 13.2 Å². The van der Waals surface area contributed by atoms with E-state index in [-0.39, 0.29) is 16.7 Å². The lowest BCUT2D eigenvalue weighted by atomic mass is 9.84. The highest BCUT2D eigenvalue weighted by Crippen LogP contribution is 2.38. The molecule has 2 aromatic rings. The summed E-state index contributed by atoms with van der Waals surface area (Å²) in [6.45, 7) is 7.61. The molecule has 27 heavy (non-hydrogen) atoms. The first-order valence-electron chi connectivity index (χ1n) is 9.04. The molecule has 0 aromatic carbocycles. The minimum Gasteiger partial charge on any atom is -0.381 e. The molecule has 0 spiro atoms. The number of thioether (sulfide) groups is 1. The first-order valence-corrected chi connectivity index (χ1v) is 12.9. The van der Waals surface area contributed by atoms with Gasteiger partial charge in [-0.1, -0.05) is 11.8 Å². The molecule has 0 unspecified atom stereocenters. The minimum atomic E-state index is -3.10. The summed E-state index contributed by atoms with van der Waals surface area (Å²) in [5.41, 5.74) is 0.670. The van der Waals surface area contributed by atoms with Gasteiger partial charge in [-0.3, -0.25) is 9.36 Å². The smallest absolute Gasteiger partial charge is 0.263 e. The predicted octanol–water partition coefficient (Wildman–Crippen LogP) is 3.03. The van der Waals surface area contributed by atoms with Gasteiger partial charge < -0.3 is 4.74 Å². The second-order valence-electron chi connectivity index (χ2n) is 7.38. The quantitative estimate of drug-likeness (QED) is 0.518. The molecule has 0 atom stereocenters. The van der Waals surface area contributed by atoms with Crippen LogP contribution in [0.1, 0.15) is 30.2 Å². The molecule has 1 fully saturated rings. The fourth-order valence-corrected chi connectivity index (χ4v) is 7.67. The van der Waals surface area contributed by atoms with Gasteiger partial charge in [0, 0.05) is 36.6 Å². The zero-order chi connectivity index (χ0) is 19.8. The van der Waals surface area contributed by atoms with Gasteiger partial charge >= 0.3 is 0 Å². The summed E-state index contributed by atoms with van der Waals surface area (Å²) in [5, 5.41) is 1.39. The summed E-state index contributed by atoms with van der Waals surface area (Å²) >= 11 is 3.04. The summed E-state index contributed by atoms with van der Waals surface area (Å²) in [4.78, 5) is 19.6. The lowest BCUT2D eigenvalue weighted by Crippen LogP contribution is -2.38. The van der Waals surface area contributed by atoms with Crippen LogP contribution in [0.2, 0.25) is 0 Å². The van der Waals surface area contributed by atoms with Crippen LogP contribution in [0, 0.1) is 19.3 Å². The highest BCUT2D eigenvalue weighted by Gasteiger charge is 2.36. The SMILES string of the molecule is CCn1c(SCC2(CS(C)(=O)=O)CCOCC2)nc2sc(C)c(C)c2c1=O. The number of ether oxygens (including phenoxy) is 1. The topological polar surface area (TPSA) is 78.3 Å². The largest absolute Gasteiger partial charge is 0.381 e. The second kappa shape index (κ2) is 7.85. The van der Waals surface area contributed by atoms with E-state index < -0.39 is 9.84 Å². The maximum atomic E-state index is 13.0. The zero-order valence-corrected chi connectivity index (χ0v) is 18.7. The van der Waals surface area contributed by atoms with Crippen molar-refractivity contribution in [1.82, 2.24) is 9.55 Å². The van der Waals surface area contributed by atoms with Crippen molar-refractivity contribution >= 4 is 43.2 Å². The molecule has 150 valence electrons. The van der Waals surface area contributed by atoms with Gasteiger partial charge in [-0.25, -0.2) is 13.4 Å². The number of hydrogen-bond donors (Lipinski definition) is 0. The van der Waals surface area contributed by atoms with Crippen molar-refractivity contribution in [2.45, 2.75) is 45.3 Å². The normalized spacial score (nSPS) is 17.5. The monoisotopic (exact) mass is 430 g/mol. The van der Waals surface area contributed by atoms with Crippen molar-refractivity contribution in [3.8, 4) is 0 Å². The van der Waals surface area contributed by atoms with E-state index in [1.165, 1.54) is 18.0 Å². The Morgan fingerprint density at radius 1 is 1.30 bits per heavy atom. The van der Waals surface area contributed by atoms with Crippen LogP contribution in [0.15, 0.2) is 9.95 Å². The molecule has 1 aliphatic heterocycles. The molecule has 0 N–H and O–H groups in total. The lowest BCUT2D eigenvalue weighted by molar-refractivity contribution is 0.0362. The summed E-state index contributed by atoms with van der Waals surface area (Å²) < 4.78 is 31.1. The summed E-state index contributed by atoms with van der Waals surface area (Å²) in [5.74, 6) is 0.761. The third kappa shape index (κ3) is 4.41. The highest BCUT2D eigenvalue weighted by atomic mass is 32.2. The Morgan fingerprint density at radius 3 is 2.56 bits per heavy atom. The number of fused-ring (bicyclic) bond motifs is 1. The Kier molecular flexibility index (Phi) is 6.05. The van der Waals surface area contributed by atoms with Crippen LogP contribution >= 0.6 is 23.1 Å². The van der Waals surface area contributed by atoms with Crippen LogP contribution in [0.3, 0.4) is 0 Å². The van der Waals surface area contributed by atoms with Gasteiger partial charge in [0.1, 0.15) is 14.7 Å². The third-order valence-electron chi connectivity index (χ3n) is 5.20. The first-order chi connectivity index (χ1) is 12.7. The van der Waals surface area contributed by atoms with E-state index in [9.17, 15) is 13.2 Å². The highest BCUT2D eigenvalue weighted by molar-refractivity contribution is 7.99. The maximum Gasteiger partial charge on any atom is 0.263 e. The van der Waals surface area contributed by atoms with Gasteiger partial charge in [-0.15, -0.1) is 11.3 Å². The Labute approximate surface area is 168 Å². The Morgan fingerprint density at radius 2 is 1.96 bits per heavy atom. The summed E-state index contributed by atoms with van der Waals surface area (Å²) in [6, 6.07) is 0. The number of nitrogens with zero attached hydrogens (tertiary/aromatic N) is 2. The Hall–Kier alpha value is -0.900. The molecule has 0 bridgehead atoms. The van der Waals surface area contributed by atoms with Crippen molar-refractivity contribution in [3.05, 3.63) is 20.8 Å². The first kappa shape index (κ1) is 20.8. The second-order valence-corrected chi connectivity index (χ2v) is 11.7. The van der Waals surface area contributed by atoms with Crippen LogP contribution in [0.5, 0.6) is 0 Å². The Balaban J connectivity index is 1.96. The van der Waals surface area contributed by atoms with Gasteiger partial charge in [0.05, 0.1) is 11.1 Å². The number of thiophene rings is 1. The van der Waals surface area contributed by atoms with Crippen LogP contribution in [-0.2, 0) is 21.1 Å². The van der Waals surface area contributed by atoms with Crippen molar-refractivity contribution in [1.29, 1.82) is 0 Å². The maximum absolute atomic E-state index is 13.0. The van der Waals surface area contributed by atoms with Crippen molar-refractivity contribution in [2.24, 2.45) is 5.41 Å². The molecule has 2 aromatic heterocycles. The number of aromatic nitrogens is 2. The molecular weight excluding hydrogens is 404 g/mol. The van der Waals surface area contributed by atoms with Crippen molar-refractivity contribution in [3.63, 3.8) is 0 Å². The summed E-state index contributed by atoms with van der Waals surface area (Å²) in [7, 11) is -3.10. The predicted molar refractivity (Wildman–Crippen MR) is 112 cm³/mol. The van der Waals surface area contributed by atoms with Crippen LogP contribution in [-0.4, -0.2) is 48.9 Å². The molecule has 3 heterocycles.